The maximum atomic E-state index is 9.81. The van der Waals surface area contributed by atoms with Crippen LogP contribution in [-0.4, -0.2) is 20.1 Å². The van der Waals surface area contributed by atoms with Crippen LogP contribution in [0.25, 0.3) is 11.3 Å². The van der Waals surface area contributed by atoms with Crippen LogP contribution >= 0.6 is 23.4 Å². The largest absolute Gasteiger partial charge is 0.390 e. The van der Waals surface area contributed by atoms with E-state index in [1.54, 1.807) is 6.07 Å². The second-order valence-electron chi connectivity index (χ2n) is 5.66. The standard InChI is InChI=1S/C19H16ClN5OS/c1-11-19(27-16-5-6-23-14(9-22)17(16)20)25-15(10-26)18(24-11)13-4-2-3-12(7-13)8-21/h2-7,26H,8,10,21H2,1H3. The van der Waals surface area contributed by atoms with Gasteiger partial charge in [-0.2, -0.15) is 5.26 Å². The zero-order valence-corrected chi connectivity index (χ0v) is 16.1. The summed E-state index contributed by atoms with van der Waals surface area (Å²) >= 11 is 7.51. The number of benzene rings is 1. The number of nitriles is 1. The Morgan fingerprint density at radius 1 is 1.30 bits per heavy atom. The molecule has 1 aromatic carbocycles. The summed E-state index contributed by atoms with van der Waals surface area (Å²) in [4.78, 5) is 13.8. The van der Waals surface area contributed by atoms with Gasteiger partial charge in [0.25, 0.3) is 0 Å². The Bertz CT molecular complexity index is 1040. The first-order valence-electron chi connectivity index (χ1n) is 8.07. The summed E-state index contributed by atoms with van der Waals surface area (Å²) in [6, 6.07) is 11.4. The van der Waals surface area contributed by atoms with Crippen LogP contribution in [-0.2, 0) is 13.2 Å². The number of aromatic nitrogens is 3. The molecule has 0 atom stereocenters. The average molecular weight is 398 g/mol. The van der Waals surface area contributed by atoms with Gasteiger partial charge in [0.05, 0.1) is 28.7 Å². The van der Waals surface area contributed by atoms with E-state index in [9.17, 15) is 5.11 Å². The minimum atomic E-state index is -0.253. The molecule has 0 unspecified atom stereocenters. The zero-order valence-electron chi connectivity index (χ0n) is 14.5. The third kappa shape index (κ3) is 4.10. The molecule has 3 rings (SSSR count). The van der Waals surface area contributed by atoms with Gasteiger partial charge in [-0.3, -0.25) is 0 Å². The van der Waals surface area contributed by atoms with Gasteiger partial charge in [0.2, 0.25) is 0 Å². The predicted molar refractivity (Wildman–Crippen MR) is 104 cm³/mol. The lowest BCUT2D eigenvalue weighted by molar-refractivity contribution is 0.276. The highest BCUT2D eigenvalue weighted by atomic mass is 35.5. The molecule has 0 aliphatic rings. The molecule has 2 aromatic heterocycles. The number of pyridine rings is 1. The molecule has 0 saturated carbocycles. The van der Waals surface area contributed by atoms with Gasteiger partial charge in [-0.25, -0.2) is 15.0 Å². The number of aliphatic hydroxyl groups excluding tert-OH is 1. The maximum absolute atomic E-state index is 9.81. The number of aliphatic hydroxyl groups is 1. The molecule has 8 heteroatoms. The van der Waals surface area contributed by atoms with Crippen LogP contribution in [0, 0.1) is 18.3 Å². The normalized spacial score (nSPS) is 10.6. The fraction of sp³-hybridized carbons (Fsp3) is 0.158. The first kappa shape index (κ1) is 19.3. The molecule has 0 saturated heterocycles. The van der Waals surface area contributed by atoms with Crippen molar-refractivity contribution in [2.24, 2.45) is 5.73 Å². The van der Waals surface area contributed by atoms with Crippen LogP contribution in [0.2, 0.25) is 5.02 Å². The van der Waals surface area contributed by atoms with Crippen LogP contribution in [0.1, 0.15) is 22.6 Å². The molecule has 0 spiro atoms. The number of halogens is 1. The molecular formula is C19H16ClN5OS. The number of rotatable bonds is 5. The van der Waals surface area contributed by atoms with E-state index in [1.807, 2.05) is 37.3 Å². The molecule has 0 radical (unpaired) electrons. The SMILES string of the molecule is Cc1nc(-c2cccc(CN)c2)c(CO)nc1Sc1ccnc(C#N)c1Cl. The number of nitrogens with zero attached hydrogens (tertiary/aromatic N) is 4. The van der Waals surface area contributed by atoms with E-state index in [-0.39, 0.29) is 17.3 Å². The Hall–Kier alpha value is -2.50. The lowest BCUT2D eigenvalue weighted by Gasteiger charge is -2.12. The molecule has 0 aliphatic heterocycles. The first-order valence-corrected chi connectivity index (χ1v) is 9.27. The molecule has 27 heavy (non-hydrogen) atoms. The van der Waals surface area contributed by atoms with Crippen molar-refractivity contribution >= 4 is 23.4 Å². The highest BCUT2D eigenvalue weighted by Crippen LogP contribution is 2.35. The molecule has 136 valence electrons. The monoisotopic (exact) mass is 397 g/mol. The van der Waals surface area contributed by atoms with Crippen LogP contribution in [0.3, 0.4) is 0 Å². The quantitative estimate of drug-likeness (QED) is 0.678. The highest BCUT2D eigenvalue weighted by Gasteiger charge is 2.16. The summed E-state index contributed by atoms with van der Waals surface area (Å²) in [6.45, 7) is 2.01. The molecule has 3 N–H and O–H groups in total. The van der Waals surface area contributed by atoms with Gasteiger partial charge in [0.1, 0.15) is 11.1 Å². The van der Waals surface area contributed by atoms with Crippen LogP contribution < -0.4 is 5.73 Å². The van der Waals surface area contributed by atoms with Gasteiger partial charge in [-0.1, -0.05) is 41.6 Å². The first-order chi connectivity index (χ1) is 13.1. The Kier molecular flexibility index (Phi) is 6.04. The van der Waals surface area contributed by atoms with E-state index in [0.717, 1.165) is 11.1 Å². The lowest BCUT2D eigenvalue weighted by Crippen LogP contribution is -2.03. The number of aryl methyl sites for hydroxylation is 1. The van der Waals surface area contributed by atoms with Crippen molar-refractivity contribution in [1.82, 2.24) is 15.0 Å². The predicted octanol–water partition coefficient (Wildman–Crippen LogP) is 3.47. The van der Waals surface area contributed by atoms with Crippen molar-refractivity contribution in [3.05, 3.63) is 64.2 Å². The molecule has 3 aromatic rings. The fourth-order valence-electron chi connectivity index (χ4n) is 2.51. The van der Waals surface area contributed by atoms with E-state index in [4.69, 9.17) is 22.6 Å². The Morgan fingerprint density at radius 2 is 2.11 bits per heavy atom. The van der Waals surface area contributed by atoms with Crippen molar-refractivity contribution in [1.29, 1.82) is 5.26 Å². The van der Waals surface area contributed by atoms with E-state index in [2.05, 4.69) is 15.0 Å². The van der Waals surface area contributed by atoms with Gasteiger partial charge >= 0.3 is 0 Å². The third-order valence-corrected chi connectivity index (χ3v) is 5.49. The van der Waals surface area contributed by atoms with E-state index < -0.39 is 0 Å². The van der Waals surface area contributed by atoms with Crippen LogP contribution in [0.15, 0.2) is 46.5 Å². The summed E-state index contributed by atoms with van der Waals surface area (Å²) in [7, 11) is 0. The lowest BCUT2D eigenvalue weighted by atomic mass is 10.1. The number of hydrogen-bond donors (Lipinski definition) is 2. The summed E-state index contributed by atoms with van der Waals surface area (Å²) in [5, 5.41) is 19.8. The van der Waals surface area contributed by atoms with Crippen molar-refractivity contribution in [2.75, 3.05) is 0 Å². The van der Waals surface area contributed by atoms with Gasteiger partial charge in [-0.05, 0) is 24.6 Å². The summed E-state index contributed by atoms with van der Waals surface area (Å²) in [5.74, 6) is 0. The fourth-order valence-corrected chi connectivity index (χ4v) is 3.65. The minimum absolute atomic E-state index is 0.157. The highest BCUT2D eigenvalue weighted by molar-refractivity contribution is 7.99. The van der Waals surface area contributed by atoms with Gasteiger partial charge in [-0.15, -0.1) is 0 Å². The van der Waals surface area contributed by atoms with Crippen LogP contribution in [0.5, 0.6) is 0 Å². The summed E-state index contributed by atoms with van der Waals surface area (Å²) in [5.41, 5.74) is 9.47. The molecule has 0 bridgehead atoms. The molecule has 0 aliphatic carbocycles. The van der Waals surface area contributed by atoms with E-state index >= 15 is 0 Å². The number of nitrogens with two attached hydrogens (primary N) is 1. The molecular weight excluding hydrogens is 382 g/mol. The second kappa shape index (κ2) is 8.46. The van der Waals surface area contributed by atoms with Gasteiger partial charge < -0.3 is 10.8 Å². The van der Waals surface area contributed by atoms with Crippen molar-refractivity contribution in [3.63, 3.8) is 0 Å². The van der Waals surface area contributed by atoms with E-state index in [0.29, 0.717) is 33.5 Å². The smallest absolute Gasteiger partial charge is 0.160 e. The van der Waals surface area contributed by atoms with Crippen molar-refractivity contribution in [2.45, 2.75) is 30.0 Å². The molecule has 6 nitrogen and oxygen atoms in total. The van der Waals surface area contributed by atoms with Gasteiger partial charge in [0, 0.05) is 23.2 Å². The average Bonchev–Trinajstić information content (AvgIpc) is 2.70. The molecule has 2 heterocycles. The summed E-state index contributed by atoms with van der Waals surface area (Å²) < 4.78 is 0. The zero-order chi connectivity index (χ0) is 19.4. The summed E-state index contributed by atoms with van der Waals surface area (Å²) in [6.07, 6.45) is 1.52. The Morgan fingerprint density at radius 3 is 2.81 bits per heavy atom. The second-order valence-corrected chi connectivity index (χ2v) is 7.07. The number of hydrogen-bond acceptors (Lipinski definition) is 7. The Labute approximate surface area is 166 Å². The third-order valence-electron chi connectivity index (χ3n) is 3.85. The van der Waals surface area contributed by atoms with E-state index in [1.165, 1.54) is 18.0 Å². The molecule has 0 fully saturated rings. The van der Waals surface area contributed by atoms with Crippen LogP contribution in [0.4, 0.5) is 0 Å². The topological polar surface area (TPSA) is 109 Å². The Balaban J connectivity index is 2.03. The molecule has 0 amide bonds. The maximum Gasteiger partial charge on any atom is 0.160 e. The van der Waals surface area contributed by atoms with Crippen molar-refractivity contribution in [3.8, 4) is 17.3 Å². The van der Waals surface area contributed by atoms with Gasteiger partial charge in [0.15, 0.2) is 5.69 Å². The van der Waals surface area contributed by atoms with Crippen molar-refractivity contribution < 1.29 is 5.11 Å². The minimum Gasteiger partial charge on any atom is -0.390 e.